The number of halogens is 1. The van der Waals surface area contributed by atoms with Gasteiger partial charge in [0.05, 0.1) is 16.0 Å². The normalized spacial score (nSPS) is 24.3. The zero-order chi connectivity index (χ0) is 20.9. The van der Waals surface area contributed by atoms with Crippen molar-refractivity contribution in [2.75, 3.05) is 5.32 Å². The van der Waals surface area contributed by atoms with Gasteiger partial charge in [-0.1, -0.05) is 30.2 Å². The van der Waals surface area contributed by atoms with E-state index in [1.807, 2.05) is 12.1 Å². The molecule has 1 amide bonds. The van der Waals surface area contributed by atoms with E-state index in [-0.39, 0.29) is 17.4 Å². The van der Waals surface area contributed by atoms with Gasteiger partial charge in [0.2, 0.25) is 5.91 Å². The van der Waals surface area contributed by atoms with Crippen molar-refractivity contribution < 1.29 is 14.7 Å². The largest absolute Gasteiger partial charge is 0.478 e. The Morgan fingerprint density at radius 1 is 1.31 bits per heavy atom. The first-order valence-corrected chi connectivity index (χ1v) is 10.5. The van der Waals surface area contributed by atoms with Crippen LogP contribution in [0, 0.1) is 6.92 Å². The highest BCUT2D eigenvalue weighted by Gasteiger charge is 2.65. The fourth-order valence-corrected chi connectivity index (χ4v) is 4.49. The Kier molecular flexibility index (Phi) is 5.13. The average Bonchev–Trinajstić information content (AvgIpc) is 3.34. The van der Waals surface area contributed by atoms with Crippen molar-refractivity contribution in [2.45, 2.75) is 54.9 Å². The van der Waals surface area contributed by atoms with Crippen LogP contribution < -0.4 is 11.1 Å². The molecule has 2 aromatic rings. The van der Waals surface area contributed by atoms with Crippen LogP contribution in [0.15, 0.2) is 35.2 Å². The number of anilines is 1. The molecule has 2 atom stereocenters. The lowest BCUT2D eigenvalue weighted by molar-refractivity contribution is -0.118. The molecule has 29 heavy (non-hydrogen) atoms. The monoisotopic (exact) mass is 430 g/mol. The standard InChI is InChI=1S/C18H14ClNO3S.C4H9N/c1-8-2-3-9(4-10(8)16(21)22)12-7-18(12)11-5-15(24)13(19)6-14(11)20-17(18)23;5-4-2-1-3-4/h2-6,12,24H,7H2,1H3,(H,20,23)(H,21,22);4H,1-3,5H2. The smallest absolute Gasteiger partial charge is 0.335 e. The number of benzene rings is 2. The summed E-state index contributed by atoms with van der Waals surface area (Å²) in [6.07, 6.45) is 4.55. The predicted octanol–water partition coefficient (Wildman–Crippen LogP) is 4.51. The third-order valence-electron chi connectivity index (χ3n) is 6.23. The highest BCUT2D eigenvalue weighted by atomic mass is 35.5. The second-order valence-corrected chi connectivity index (χ2v) is 8.99. The van der Waals surface area contributed by atoms with Gasteiger partial charge >= 0.3 is 5.97 Å². The van der Waals surface area contributed by atoms with E-state index >= 15 is 0 Å². The van der Waals surface area contributed by atoms with Crippen molar-refractivity contribution in [2.24, 2.45) is 5.73 Å². The molecule has 7 heteroatoms. The van der Waals surface area contributed by atoms with Crippen LogP contribution in [0.25, 0.3) is 0 Å². The average molecular weight is 431 g/mol. The Hall–Kier alpha value is -2.02. The fraction of sp³-hybridized carbons (Fsp3) is 0.364. The van der Waals surface area contributed by atoms with Gasteiger partial charge in [0.1, 0.15) is 0 Å². The highest BCUT2D eigenvalue weighted by molar-refractivity contribution is 7.80. The topological polar surface area (TPSA) is 92.4 Å². The first-order chi connectivity index (χ1) is 13.7. The third-order valence-corrected chi connectivity index (χ3v) is 7.04. The van der Waals surface area contributed by atoms with Crippen LogP contribution in [-0.4, -0.2) is 23.0 Å². The van der Waals surface area contributed by atoms with Gasteiger partial charge in [-0.05, 0) is 61.1 Å². The molecule has 2 saturated carbocycles. The van der Waals surface area contributed by atoms with Gasteiger partial charge in [0.25, 0.3) is 0 Å². The lowest BCUT2D eigenvalue weighted by Crippen LogP contribution is -2.27. The summed E-state index contributed by atoms with van der Waals surface area (Å²) in [7, 11) is 0. The van der Waals surface area contributed by atoms with E-state index in [0.29, 0.717) is 27.9 Å². The van der Waals surface area contributed by atoms with Crippen molar-refractivity contribution in [1.82, 2.24) is 0 Å². The molecule has 2 unspecified atom stereocenters. The van der Waals surface area contributed by atoms with Crippen molar-refractivity contribution in [3.05, 3.63) is 57.6 Å². The molecule has 1 spiro atoms. The molecule has 2 fully saturated rings. The molecule has 0 bridgehead atoms. The van der Waals surface area contributed by atoms with E-state index in [4.69, 9.17) is 17.3 Å². The molecule has 5 rings (SSSR count). The van der Waals surface area contributed by atoms with Crippen LogP contribution in [0.4, 0.5) is 5.69 Å². The summed E-state index contributed by atoms with van der Waals surface area (Å²) in [5.41, 5.74) is 8.21. The number of carbonyl (C=O) groups is 2. The van der Waals surface area contributed by atoms with E-state index in [1.54, 1.807) is 25.1 Å². The molecular formula is C22H23ClN2O3S. The van der Waals surface area contributed by atoms with Gasteiger partial charge in [-0.3, -0.25) is 4.79 Å². The third kappa shape index (κ3) is 3.43. The van der Waals surface area contributed by atoms with Crippen LogP contribution in [0.5, 0.6) is 0 Å². The number of nitrogens with one attached hydrogen (secondary N) is 1. The van der Waals surface area contributed by atoms with Crippen molar-refractivity contribution >= 4 is 41.8 Å². The Morgan fingerprint density at radius 2 is 2.00 bits per heavy atom. The number of nitrogens with two attached hydrogens (primary N) is 1. The van der Waals surface area contributed by atoms with Crippen LogP contribution in [0.1, 0.15) is 58.6 Å². The number of aromatic carboxylic acids is 1. The van der Waals surface area contributed by atoms with Crippen LogP contribution in [-0.2, 0) is 10.2 Å². The maximum atomic E-state index is 12.6. The number of rotatable bonds is 2. The predicted molar refractivity (Wildman–Crippen MR) is 116 cm³/mol. The molecule has 3 aliphatic rings. The van der Waals surface area contributed by atoms with E-state index in [9.17, 15) is 14.7 Å². The van der Waals surface area contributed by atoms with Crippen LogP contribution >= 0.6 is 24.2 Å². The van der Waals surface area contributed by atoms with E-state index in [2.05, 4.69) is 17.9 Å². The molecule has 2 aliphatic carbocycles. The molecule has 2 aromatic carbocycles. The highest BCUT2D eigenvalue weighted by Crippen LogP contribution is 2.65. The Bertz CT molecular complexity index is 1020. The van der Waals surface area contributed by atoms with Gasteiger partial charge in [0.15, 0.2) is 0 Å². The second-order valence-electron chi connectivity index (χ2n) is 8.10. The van der Waals surface area contributed by atoms with Gasteiger partial charge in [-0.2, -0.15) is 0 Å². The van der Waals surface area contributed by atoms with Crippen LogP contribution in [0.2, 0.25) is 5.02 Å². The molecule has 4 N–H and O–H groups in total. The molecule has 5 nitrogen and oxygen atoms in total. The number of hydrogen-bond acceptors (Lipinski definition) is 4. The van der Waals surface area contributed by atoms with Gasteiger partial charge < -0.3 is 16.2 Å². The zero-order valence-electron chi connectivity index (χ0n) is 16.0. The number of fused-ring (bicyclic) bond motifs is 2. The lowest BCUT2D eigenvalue weighted by atomic mass is 9.91. The first kappa shape index (κ1) is 20.3. The summed E-state index contributed by atoms with van der Waals surface area (Å²) in [5.74, 6) is -1.05. The summed E-state index contributed by atoms with van der Waals surface area (Å²) in [6, 6.07) is 9.51. The molecular weight excluding hydrogens is 408 g/mol. The van der Waals surface area contributed by atoms with E-state index < -0.39 is 11.4 Å². The van der Waals surface area contributed by atoms with Crippen molar-refractivity contribution in [3.8, 4) is 0 Å². The summed E-state index contributed by atoms with van der Waals surface area (Å²) < 4.78 is 0. The van der Waals surface area contributed by atoms with Crippen LogP contribution in [0.3, 0.4) is 0 Å². The van der Waals surface area contributed by atoms with Gasteiger partial charge in [-0.15, -0.1) is 12.6 Å². The zero-order valence-corrected chi connectivity index (χ0v) is 17.7. The summed E-state index contributed by atoms with van der Waals surface area (Å²) in [4.78, 5) is 24.6. The number of thiol groups is 1. The van der Waals surface area contributed by atoms with Crippen molar-refractivity contribution in [1.29, 1.82) is 0 Å². The molecule has 0 aromatic heterocycles. The summed E-state index contributed by atoms with van der Waals surface area (Å²) >= 11 is 10.4. The molecule has 152 valence electrons. The lowest BCUT2D eigenvalue weighted by Gasteiger charge is -2.18. The van der Waals surface area contributed by atoms with Gasteiger partial charge in [-0.25, -0.2) is 4.79 Å². The molecule has 1 aliphatic heterocycles. The maximum absolute atomic E-state index is 12.6. The number of carbonyl (C=O) groups excluding carboxylic acids is 1. The number of amides is 1. The molecule has 1 heterocycles. The molecule has 0 saturated heterocycles. The first-order valence-electron chi connectivity index (χ1n) is 9.68. The minimum absolute atomic E-state index is 0.0358. The number of aryl methyl sites for hydroxylation is 1. The number of carboxylic acid groups (broad SMARTS) is 1. The Balaban J connectivity index is 0.000000359. The van der Waals surface area contributed by atoms with Crippen molar-refractivity contribution in [3.63, 3.8) is 0 Å². The van der Waals surface area contributed by atoms with Gasteiger partial charge in [0, 0.05) is 22.5 Å². The minimum Gasteiger partial charge on any atom is -0.478 e. The Labute approximate surface area is 180 Å². The number of carboxylic acids is 1. The number of hydrogen-bond donors (Lipinski definition) is 4. The maximum Gasteiger partial charge on any atom is 0.335 e. The molecule has 0 radical (unpaired) electrons. The summed E-state index contributed by atoms with van der Waals surface area (Å²) in [6.45, 7) is 1.77. The quantitative estimate of drug-likeness (QED) is 0.527. The van der Waals surface area contributed by atoms with E-state index in [1.165, 1.54) is 19.3 Å². The minimum atomic E-state index is -0.954. The summed E-state index contributed by atoms with van der Waals surface area (Å²) in [5, 5.41) is 12.7. The fourth-order valence-electron chi connectivity index (χ4n) is 4.13. The second kappa shape index (κ2) is 7.35. The SMILES string of the molecule is Cc1ccc(C2CC23C(=O)Nc2cc(Cl)c(S)cc23)cc1C(=O)O.NC1CCC1. The van der Waals surface area contributed by atoms with E-state index in [0.717, 1.165) is 16.8 Å². The Morgan fingerprint density at radius 3 is 2.59 bits per heavy atom.